The van der Waals surface area contributed by atoms with Crippen LogP contribution in [-0.2, 0) is 4.79 Å². The second-order valence-electron chi connectivity index (χ2n) is 8.95. The molecule has 0 radical (unpaired) electrons. The lowest BCUT2D eigenvalue weighted by molar-refractivity contribution is -0.134. The van der Waals surface area contributed by atoms with E-state index < -0.39 is 0 Å². The maximum absolute atomic E-state index is 13.3. The summed E-state index contributed by atoms with van der Waals surface area (Å²) >= 11 is 0. The Balaban J connectivity index is 2.29. The largest absolute Gasteiger partial charge is 0.297 e. The van der Waals surface area contributed by atoms with Gasteiger partial charge in [0.2, 0.25) is 0 Å². The molecular formula is C19H35NO. The van der Waals surface area contributed by atoms with Crippen LogP contribution >= 0.6 is 0 Å². The lowest BCUT2D eigenvalue weighted by Gasteiger charge is -2.46. The Morgan fingerprint density at radius 1 is 1.19 bits per heavy atom. The van der Waals surface area contributed by atoms with Gasteiger partial charge in [-0.3, -0.25) is 9.69 Å². The minimum atomic E-state index is -0.146. The second-order valence-corrected chi connectivity index (χ2v) is 8.95. The van der Waals surface area contributed by atoms with Crippen molar-refractivity contribution in [2.24, 2.45) is 16.7 Å². The lowest BCUT2D eigenvalue weighted by atomic mass is 9.59. The van der Waals surface area contributed by atoms with Gasteiger partial charge in [0.05, 0.1) is 6.04 Å². The highest BCUT2D eigenvalue weighted by atomic mass is 16.1. The summed E-state index contributed by atoms with van der Waals surface area (Å²) in [5, 5.41) is 0. The van der Waals surface area contributed by atoms with Crippen molar-refractivity contribution in [2.45, 2.75) is 92.2 Å². The van der Waals surface area contributed by atoms with Crippen molar-refractivity contribution in [3.8, 4) is 0 Å². The molecular weight excluding hydrogens is 258 g/mol. The van der Waals surface area contributed by atoms with E-state index in [1.54, 1.807) is 0 Å². The van der Waals surface area contributed by atoms with Gasteiger partial charge in [0.1, 0.15) is 0 Å². The number of nitrogens with zero attached hydrogens (tertiary/aromatic N) is 1. The molecule has 1 heterocycles. The third-order valence-electron chi connectivity index (χ3n) is 6.90. The van der Waals surface area contributed by atoms with Crippen molar-refractivity contribution in [1.29, 1.82) is 0 Å². The van der Waals surface area contributed by atoms with Gasteiger partial charge in [-0.1, -0.05) is 27.7 Å². The van der Waals surface area contributed by atoms with Gasteiger partial charge >= 0.3 is 0 Å². The van der Waals surface area contributed by atoms with E-state index in [4.69, 9.17) is 0 Å². The number of carbonyl (C=O) groups excluding carboxylic acids is 1. The molecule has 0 bridgehead atoms. The molecule has 0 amide bonds. The van der Waals surface area contributed by atoms with Crippen LogP contribution in [0.1, 0.15) is 80.6 Å². The Kier molecular flexibility index (Phi) is 4.34. The van der Waals surface area contributed by atoms with E-state index in [2.05, 4.69) is 53.4 Å². The van der Waals surface area contributed by atoms with Crippen molar-refractivity contribution in [3.05, 3.63) is 0 Å². The van der Waals surface area contributed by atoms with Crippen LogP contribution in [0.2, 0.25) is 0 Å². The number of carbonyl (C=O) groups is 1. The first-order valence-corrected chi connectivity index (χ1v) is 8.91. The molecule has 0 N–H and O–H groups in total. The number of ketones is 1. The SMILES string of the molecule is CCC(C)(CC)C(=O)[C@@H]1CC2(CCC2C)CN1C(C)(C)C. The third-order valence-corrected chi connectivity index (χ3v) is 6.90. The molecule has 2 heteroatoms. The maximum atomic E-state index is 13.3. The lowest BCUT2D eigenvalue weighted by Crippen LogP contribution is -2.51. The molecule has 0 aromatic rings. The first kappa shape index (κ1) is 17.0. The molecule has 2 fully saturated rings. The summed E-state index contributed by atoms with van der Waals surface area (Å²) in [7, 11) is 0. The summed E-state index contributed by atoms with van der Waals surface area (Å²) in [5.41, 5.74) is 0.365. The fourth-order valence-electron chi connectivity index (χ4n) is 4.33. The number of hydrogen-bond acceptors (Lipinski definition) is 2. The van der Waals surface area contributed by atoms with Gasteiger partial charge in [-0.25, -0.2) is 0 Å². The van der Waals surface area contributed by atoms with Crippen LogP contribution in [-0.4, -0.2) is 28.8 Å². The van der Waals surface area contributed by atoms with Gasteiger partial charge in [-0.15, -0.1) is 0 Å². The molecule has 1 saturated carbocycles. The molecule has 2 unspecified atom stereocenters. The number of rotatable bonds is 4. The standard InChI is InChI=1S/C19H35NO/c1-8-18(7,9-2)16(21)15-12-19(11-10-14(19)3)13-20(15)17(4,5)6/h14-15H,8-13H2,1-7H3/t14?,15-,19?/m0/s1. The van der Waals surface area contributed by atoms with Crippen molar-refractivity contribution in [1.82, 2.24) is 4.90 Å². The van der Waals surface area contributed by atoms with Crippen LogP contribution in [0.15, 0.2) is 0 Å². The van der Waals surface area contributed by atoms with E-state index in [-0.39, 0.29) is 17.0 Å². The van der Waals surface area contributed by atoms with Crippen molar-refractivity contribution in [2.75, 3.05) is 6.54 Å². The normalized spacial score (nSPS) is 34.2. The van der Waals surface area contributed by atoms with Crippen LogP contribution in [0.5, 0.6) is 0 Å². The van der Waals surface area contributed by atoms with E-state index in [1.807, 2.05) is 0 Å². The van der Waals surface area contributed by atoms with E-state index in [0.29, 0.717) is 11.2 Å². The average Bonchev–Trinajstić information content (AvgIpc) is 2.87. The summed E-state index contributed by atoms with van der Waals surface area (Å²) < 4.78 is 0. The minimum absolute atomic E-state index is 0.0849. The highest BCUT2D eigenvalue weighted by Crippen LogP contribution is 2.56. The van der Waals surface area contributed by atoms with Gasteiger partial charge in [0.15, 0.2) is 5.78 Å². The Hall–Kier alpha value is -0.370. The summed E-state index contributed by atoms with van der Waals surface area (Å²) in [4.78, 5) is 15.8. The molecule has 2 aliphatic rings. The van der Waals surface area contributed by atoms with Crippen LogP contribution in [0.25, 0.3) is 0 Å². The molecule has 2 nitrogen and oxygen atoms in total. The van der Waals surface area contributed by atoms with Gasteiger partial charge in [-0.05, 0) is 64.2 Å². The molecule has 1 spiro atoms. The molecule has 0 aromatic carbocycles. The summed E-state index contributed by atoms with van der Waals surface area (Å²) in [6, 6.07) is 0.137. The van der Waals surface area contributed by atoms with Gasteiger partial charge in [-0.2, -0.15) is 0 Å². The molecule has 1 saturated heterocycles. The summed E-state index contributed by atoms with van der Waals surface area (Å²) in [5.74, 6) is 1.29. The molecule has 122 valence electrons. The van der Waals surface area contributed by atoms with E-state index in [1.165, 1.54) is 12.8 Å². The van der Waals surface area contributed by atoms with E-state index >= 15 is 0 Å². The van der Waals surface area contributed by atoms with Crippen LogP contribution in [0.4, 0.5) is 0 Å². The van der Waals surface area contributed by atoms with Gasteiger partial charge < -0.3 is 0 Å². The smallest absolute Gasteiger partial charge is 0.155 e. The minimum Gasteiger partial charge on any atom is -0.297 e. The molecule has 3 atom stereocenters. The molecule has 2 rings (SSSR count). The fraction of sp³-hybridized carbons (Fsp3) is 0.947. The number of Topliss-reactive ketones (excluding diaryl/α,β-unsaturated/α-hetero) is 1. The maximum Gasteiger partial charge on any atom is 0.155 e. The van der Waals surface area contributed by atoms with Crippen LogP contribution < -0.4 is 0 Å². The van der Waals surface area contributed by atoms with Gasteiger partial charge in [0, 0.05) is 17.5 Å². The zero-order valence-electron chi connectivity index (χ0n) is 15.3. The quantitative estimate of drug-likeness (QED) is 0.750. The van der Waals surface area contributed by atoms with Crippen molar-refractivity contribution >= 4 is 5.78 Å². The third kappa shape index (κ3) is 2.69. The Morgan fingerprint density at radius 2 is 1.76 bits per heavy atom. The first-order valence-electron chi connectivity index (χ1n) is 8.91. The molecule has 1 aliphatic carbocycles. The number of likely N-dealkylation sites (tertiary alicyclic amines) is 1. The predicted molar refractivity (Wildman–Crippen MR) is 89.4 cm³/mol. The van der Waals surface area contributed by atoms with Crippen molar-refractivity contribution in [3.63, 3.8) is 0 Å². The average molecular weight is 293 g/mol. The van der Waals surface area contributed by atoms with E-state index in [9.17, 15) is 4.79 Å². The van der Waals surface area contributed by atoms with E-state index in [0.717, 1.165) is 31.7 Å². The predicted octanol–water partition coefficient (Wildman–Crippen LogP) is 4.67. The number of hydrogen-bond donors (Lipinski definition) is 0. The molecule has 21 heavy (non-hydrogen) atoms. The Labute approximate surface area is 131 Å². The molecule has 0 aromatic heterocycles. The zero-order valence-corrected chi connectivity index (χ0v) is 15.3. The summed E-state index contributed by atoms with van der Waals surface area (Å²) in [6.07, 6.45) is 5.68. The zero-order chi connectivity index (χ0) is 16.1. The highest BCUT2D eigenvalue weighted by molar-refractivity contribution is 5.89. The highest BCUT2D eigenvalue weighted by Gasteiger charge is 2.57. The molecule has 1 aliphatic heterocycles. The summed E-state index contributed by atoms with van der Waals surface area (Å²) in [6.45, 7) is 16.8. The second kappa shape index (κ2) is 5.37. The van der Waals surface area contributed by atoms with Crippen LogP contribution in [0, 0.1) is 16.7 Å². The Bertz CT molecular complexity index is 404. The topological polar surface area (TPSA) is 20.3 Å². The Morgan fingerprint density at radius 3 is 2.10 bits per heavy atom. The first-order chi connectivity index (χ1) is 9.59. The van der Waals surface area contributed by atoms with Crippen LogP contribution in [0.3, 0.4) is 0 Å². The fourth-order valence-corrected chi connectivity index (χ4v) is 4.33. The monoisotopic (exact) mass is 293 g/mol. The van der Waals surface area contributed by atoms with Crippen molar-refractivity contribution < 1.29 is 4.79 Å². The van der Waals surface area contributed by atoms with Gasteiger partial charge in [0.25, 0.3) is 0 Å².